The van der Waals surface area contributed by atoms with Gasteiger partial charge in [-0.2, -0.15) is 0 Å². The molecule has 0 radical (unpaired) electrons. The second-order valence-electron chi connectivity index (χ2n) is 5.97. The lowest BCUT2D eigenvalue weighted by Gasteiger charge is -2.14. The summed E-state index contributed by atoms with van der Waals surface area (Å²) in [6.07, 6.45) is 7.10. The van der Waals surface area contributed by atoms with Gasteiger partial charge in [-0.3, -0.25) is 10.2 Å². The van der Waals surface area contributed by atoms with Crippen molar-refractivity contribution in [3.8, 4) is 11.5 Å². The fraction of sp³-hybridized carbons (Fsp3) is 0.471. The minimum absolute atomic E-state index is 0.194. The Kier molecular flexibility index (Phi) is 4.22. The summed E-state index contributed by atoms with van der Waals surface area (Å²) < 4.78 is 10.4. The Morgan fingerprint density at radius 1 is 1.23 bits per heavy atom. The van der Waals surface area contributed by atoms with Gasteiger partial charge in [0.15, 0.2) is 11.5 Å². The Bertz CT molecular complexity index is 598. The number of nitrogens with one attached hydrogen (secondary N) is 2. The number of methoxy groups -OCH3 is 2. The number of ether oxygens (including phenoxy) is 2. The number of allylic oxidation sites excluding steroid dienone is 1. The molecule has 2 fully saturated rings. The van der Waals surface area contributed by atoms with Gasteiger partial charge in [-0.05, 0) is 61.3 Å². The molecule has 5 heteroatoms. The van der Waals surface area contributed by atoms with Gasteiger partial charge in [-0.25, -0.2) is 0 Å². The van der Waals surface area contributed by atoms with Gasteiger partial charge in [0.05, 0.1) is 14.2 Å². The summed E-state index contributed by atoms with van der Waals surface area (Å²) in [4.78, 5) is 12.1. The highest BCUT2D eigenvalue weighted by Gasteiger charge is 2.35. The van der Waals surface area contributed by atoms with Crippen LogP contribution >= 0.6 is 0 Å². The van der Waals surface area contributed by atoms with Gasteiger partial charge in [0.1, 0.15) is 0 Å². The average Bonchev–Trinajstić information content (AvgIpc) is 3.17. The van der Waals surface area contributed by atoms with E-state index in [1.54, 1.807) is 32.4 Å². The lowest BCUT2D eigenvalue weighted by molar-refractivity contribution is 0.0940. The van der Waals surface area contributed by atoms with Gasteiger partial charge in [-0.1, -0.05) is 0 Å². The van der Waals surface area contributed by atoms with Crippen LogP contribution in [0.2, 0.25) is 0 Å². The number of amides is 1. The van der Waals surface area contributed by atoms with Gasteiger partial charge >= 0.3 is 0 Å². The van der Waals surface area contributed by atoms with Crippen LogP contribution in [0.4, 0.5) is 0 Å². The average molecular weight is 302 g/mol. The predicted octanol–water partition coefficient (Wildman–Crippen LogP) is 2.64. The van der Waals surface area contributed by atoms with Crippen LogP contribution in [0.1, 0.15) is 36.0 Å². The normalized spacial score (nSPS) is 24.4. The van der Waals surface area contributed by atoms with Crippen LogP contribution in [0.15, 0.2) is 30.0 Å². The van der Waals surface area contributed by atoms with E-state index in [1.807, 2.05) is 6.20 Å². The highest BCUT2D eigenvalue weighted by molar-refractivity contribution is 5.94. The fourth-order valence-corrected chi connectivity index (χ4v) is 3.52. The maximum atomic E-state index is 12.1. The molecule has 0 heterocycles. The van der Waals surface area contributed by atoms with Crippen LogP contribution in [0, 0.1) is 11.8 Å². The zero-order valence-corrected chi connectivity index (χ0v) is 13.0. The van der Waals surface area contributed by atoms with Crippen molar-refractivity contribution in [2.45, 2.75) is 25.7 Å². The Morgan fingerprint density at radius 3 is 2.68 bits per heavy atom. The number of carbonyl (C=O) groups excluding carboxylic acids is 1. The molecule has 0 aliphatic heterocycles. The van der Waals surface area contributed by atoms with Gasteiger partial charge < -0.3 is 14.9 Å². The van der Waals surface area contributed by atoms with E-state index in [1.165, 1.54) is 31.3 Å². The Balaban J connectivity index is 1.59. The van der Waals surface area contributed by atoms with Crippen LogP contribution < -0.4 is 20.3 Å². The molecule has 5 nitrogen and oxygen atoms in total. The lowest BCUT2D eigenvalue weighted by Crippen LogP contribution is -2.34. The molecule has 2 N–H and O–H groups in total. The van der Waals surface area contributed by atoms with Crippen LogP contribution in [-0.2, 0) is 0 Å². The highest BCUT2D eigenvalue weighted by Crippen LogP contribution is 2.47. The van der Waals surface area contributed by atoms with Crippen molar-refractivity contribution >= 4 is 5.91 Å². The molecule has 0 unspecified atom stereocenters. The van der Waals surface area contributed by atoms with Crippen molar-refractivity contribution in [3.63, 3.8) is 0 Å². The molecule has 0 spiro atoms. The first-order valence-corrected chi connectivity index (χ1v) is 7.68. The van der Waals surface area contributed by atoms with Gasteiger partial charge in [0, 0.05) is 11.8 Å². The third-order valence-corrected chi connectivity index (χ3v) is 4.68. The van der Waals surface area contributed by atoms with Crippen molar-refractivity contribution in [3.05, 3.63) is 35.5 Å². The van der Waals surface area contributed by atoms with Crippen LogP contribution in [0.5, 0.6) is 11.5 Å². The number of hydrogen-bond acceptors (Lipinski definition) is 4. The van der Waals surface area contributed by atoms with E-state index in [4.69, 9.17) is 9.47 Å². The SMILES string of the molecule is COc1ccc(C(=O)NN/C=C2/C[C@@H]3CC[C@H]2C3)cc1OC. The molecule has 22 heavy (non-hydrogen) atoms. The Morgan fingerprint density at radius 2 is 2.05 bits per heavy atom. The summed E-state index contributed by atoms with van der Waals surface area (Å²) in [6.45, 7) is 0. The molecule has 118 valence electrons. The largest absolute Gasteiger partial charge is 0.493 e. The van der Waals surface area contributed by atoms with Crippen LogP contribution in [0.3, 0.4) is 0 Å². The summed E-state index contributed by atoms with van der Waals surface area (Å²) in [7, 11) is 3.12. The minimum Gasteiger partial charge on any atom is -0.493 e. The van der Waals surface area contributed by atoms with Crippen molar-refractivity contribution in [2.75, 3.05) is 14.2 Å². The Hall–Kier alpha value is -2.17. The first kappa shape index (κ1) is 14.8. The highest BCUT2D eigenvalue weighted by atomic mass is 16.5. The standard InChI is InChI=1S/C17H22N2O3/c1-21-15-6-5-13(9-16(15)22-2)17(20)19-18-10-14-8-11-3-4-12(14)7-11/h5-6,9-12,18H,3-4,7-8H2,1-2H3,(H,19,20)/b14-10-/t11-,12+/m1/s1. The number of fused-ring (bicyclic) bond motifs is 2. The van der Waals surface area contributed by atoms with E-state index >= 15 is 0 Å². The maximum absolute atomic E-state index is 12.1. The molecule has 2 aliphatic carbocycles. The molecule has 1 aromatic carbocycles. The first-order valence-electron chi connectivity index (χ1n) is 7.68. The number of carbonyl (C=O) groups is 1. The van der Waals surface area contributed by atoms with Crippen molar-refractivity contribution in [1.82, 2.24) is 10.9 Å². The summed E-state index contributed by atoms with van der Waals surface area (Å²) in [5.74, 6) is 2.54. The smallest absolute Gasteiger partial charge is 0.269 e. The minimum atomic E-state index is -0.194. The molecule has 0 saturated heterocycles. The summed E-state index contributed by atoms with van der Waals surface area (Å²) >= 11 is 0. The number of hydrazine groups is 1. The van der Waals surface area contributed by atoms with Gasteiger partial charge in [-0.15, -0.1) is 0 Å². The molecule has 0 aromatic heterocycles. The van der Waals surface area contributed by atoms with E-state index in [-0.39, 0.29) is 5.91 Å². The van der Waals surface area contributed by atoms with Gasteiger partial charge in [0.2, 0.25) is 0 Å². The summed E-state index contributed by atoms with van der Waals surface area (Å²) in [6, 6.07) is 5.10. The molecule has 2 aliphatic rings. The maximum Gasteiger partial charge on any atom is 0.269 e. The first-order chi connectivity index (χ1) is 10.7. The Labute approximate surface area is 130 Å². The van der Waals surface area contributed by atoms with Crippen molar-refractivity contribution in [2.24, 2.45) is 11.8 Å². The molecular weight excluding hydrogens is 280 g/mol. The van der Waals surface area contributed by atoms with Crippen LogP contribution in [0.25, 0.3) is 0 Å². The summed E-state index contributed by atoms with van der Waals surface area (Å²) in [5, 5.41) is 0. The molecule has 3 rings (SSSR count). The van der Waals surface area contributed by atoms with Crippen LogP contribution in [-0.4, -0.2) is 20.1 Å². The third-order valence-electron chi connectivity index (χ3n) is 4.68. The quantitative estimate of drug-likeness (QED) is 0.821. The predicted molar refractivity (Wildman–Crippen MR) is 83.7 cm³/mol. The topological polar surface area (TPSA) is 59.6 Å². The number of hydrogen-bond donors (Lipinski definition) is 2. The number of rotatable bonds is 5. The van der Waals surface area contributed by atoms with E-state index in [0.29, 0.717) is 17.1 Å². The zero-order chi connectivity index (χ0) is 15.5. The molecule has 2 atom stereocenters. The van der Waals surface area contributed by atoms with Gasteiger partial charge in [0.25, 0.3) is 5.91 Å². The van der Waals surface area contributed by atoms with Crippen molar-refractivity contribution < 1.29 is 14.3 Å². The fourth-order valence-electron chi connectivity index (χ4n) is 3.52. The van der Waals surface area contributed by atoms with Crippen molar-refractivity contribution in [1.29, 1.82) is 0 Å². The second-order valence-corrected chi connectivity index (χ2v) is 5.97. The molecule has 2 saturated carbocycles. The van der Waals surface area contributed by atoms with E-state index in [2.05, 4.69) is 10.9 Å². The molecular formula is C17H22N2O3. The van der Waals surface area contributed by atoms with E-state index in [0.717, 1.165) is 11.8 Å². The summed E-state index contributed by atoms with van der Waals surface area (Å²) in [5.41, 5.74) is 7.61. The lowest BCUT2D eigenvalue weighted by atomic mass is 9.96. The third kappa shape index (κ3) is 2.89. The molecule has 1 aromatic rings. The van der Waals surface area contributed by atoms with E-state index < -0.39 is 0 Å². The monoisotopic (exact) mass is 302 g/mol. The molecule has 2 bridgehead atoms. The second kappa shape index (κ2) is 6.30. The molecule has 1 amide bonds. The zero-order valence-electron chi connectivity index (χ0n) is 13.0. The number of benzene rings is 1. The van der Waals surface area contributed by atoms with E-state index in [9.17, 15) is 4.79 Å².